The Kier molecular flexibility index (Phi) is 5.62. The Balaban J connectivity index is 2.18. The molecule has 1 unspecified atom stereocenters. The van der Waals surface area contributed by atoms with Crippen molar-refractivity contribution in [1.82, 2.24) is 4.98 Å². The van der Waals surface area contributed by atoms with Gasteiger partial charge in [-0.05, 0) is 30.3 Å². The van der Waals surface area contributed by atoms with E-state index in [1.54, 1.807) is 49.6 Å². The van der Waals surface area contributed by atoms with E-state index in [0.717, 1.165) is 5.56 Å². The molecule has 0 fully saturated rings. The van der Waals surface area contributed by atoms with Crippen LogP contribution in [0.4, 0.5) is 0 Å². The normalized spacial score (nSPS) is 11.9. The third kappa shape index (κ3) is 3.89. The molecule has 0 radical (unpaired) electrons. The molecule has 1 aromatic heterocycles. The lowest BCUT2D eigenvalue weighted by atomic mass is 10.1. The van der Waals surface area contributed by atoms with Crippen molar-refractivity contribution in [2.75, 3.05) is 14.2 Å². The number of benzene rings is 2. The highest BCUT2D eigenvalue weighted by Crippen LogP contribution is 2.39. The van der Waals surface area contributed by atoms with Crippen LogP contribution in [0.3, 0.4) is 0 Å². The summed E-state index contributed by atoms with van der Waals surface area (Å²) >= 11 is 10.0. The maximum atomic E-state index is 11.3. The molecule has 1 heterocycles. The van der Waals surface area contributed by atoms with Crippen molar-refractivity contribution in [3.8, 4) is 34.1 Å². The minimum atomic E-state index is -1.19. The molecule has 0 amide bonds. The van der Waals surface area contributed by atoms with Crippen LogP contribution in [-0.2, 0) is 4.79 Å². The fraction of sp³-hybridized carbons (Fsp3) is 0.158. The molecule has 140 valence electrons. The molecule has 3 rings (SSSR count). The summed E-state index contributed by atoms with van der Waals surface area (Å²) in [4.78, 5) is 15.7. The minimum Gasteiger partial charge on any atom is -0.493 e. The molecule has 0 saturated carbocycles. The first kappa shape index (κ1) is 19.1. The number of methoxy groups -OCH3 is 2. The van der Waals surface area contributed by atoms with E-state index >= 15 is 0 Å². The summed E-state index contributed by atoms with van der Waals surface area (Å²) in [6.45, 7) is 0. The zero-order valence-electron chi connectivity index (χ0n) is 14.5. The number of carbonyl (C=O) groups is 1. The fourth-order valence-electron chi connectivity index (χ4n) is 2.54. The Hall–Kier alpha value is -2.64. The SMILES string of the molecule is COc1ccc(-c2oc(C(S)C(=O)O)nc2-c2ccc(Cl)cc2)cc1OC. The fourth-order valence-corrected chi connectivity index (χ4v) is 2.77. The largest absolute Gasteiger partial charge is 0.493 e. The third-order valence-corrected chi connectivity index (χ3v) is 4.57. The van der Waals surface area contributed by atoms with Gasteiger partial charge in [0.1, 0.15) is 5.69 Å². The summed E-state index contributed by atoms with van der Waals surface area (Å²) in [5, 5.41) is 8.62. The van der Waals surface area contributed by atoms with Crippen LogP contribution in [0, 0.1) is 0 Å². The van der Waals surface area contributed by atoms with Gasteiger partial charge in [0.25, 0.3) is 0 Å². The van der Waals surface area contributed by atoms with Crippen molar-refractivity contribution in [2.24, 2.45) is 0 Å². The number of halogens is 1. The maximum Gasteiger partial charge on any atom is 0.325 e. The van der Waals surface area contributed by atoms with E-state index in [0.29, 0.717) is 33.5 Å². The minimum absolute atomic E-state index is 0.0134. The molecular weight excluding hydrogens is 390 g/mol. The molecule has 3 aromatic rings. The van der Waals surface area contributed by atoms with Crippen molar-refractivity contribution in [3.63, 3.8) is 0 Å². The summed E-state index contributed by atoms with van der Waals surface area (Å²) in [5.41, 5.74) is 1.86. The van der Waals surface area contributed by atoms with Crippen LogP contribution in [0.25, 0.3) is 22.6 Å². The number of oxazole rings is 1. The molecule has 0 aliphatic carbocycles. The first-order valence-corrected chi connectivity index (χ1v) is 8.74. The molecule has 0 bridgehead atoms. The average Bonchev–Trinajstić information content (AvgIpc) is 3.12. The van der Waals surface area contributed by atoms with Gasteiger partial charge in [0, 0.05) is 16.1 Å². The molecule has 27 heavy (non-hydrogen) atoms. The van der Waals surface area contributed by atoms with E-state index in [2.05, 4.69) is 17.6 Å². The molecule has 6 nitrogen and oxygen atoms in total. The van der Waals surface area contributed by atoms with E-state index in [9.17, 15) is 9.90 Å². The van der Waals surface area contributed by atoms with Crippen molar-refractivity contribution < 1.29 is 23.8 Å². The number of thiol groups is 1. The smallest absolute Gasteiger partial charge is 0.325 e. The van der Waals surface area contributed by atoms with Gasteiger partial charge < -0.3 is 19.0 Å². The van der Waals surface area contributed by atoms with Gasteiger partial charge in [-0.1, -0.05) is 23.7 Å². The number of hydrogen-bond acceptors (Lipinski definition) is 6. The van der Waals surface area contributed by atoms with Crippen LogP contribution >= 0.6 is 24.2 Å². The molecule has 2 aromatic carbocycles. The van der Waals surface area contributed by atoms with Gasteiger partial charge in [-0.25, -0.2) is 4.98 Å². The highest BCUT2D eigenvalue weighted by molar-refractivity contribution is 7.81. The second-order valence-corrected chi connectivity index (χ2v) is 6.50. The average molecular weight is 406 g/mol. The molecule has 1 atom stereocenters. The number of aliphatic carboxylic acids is 1. The van der Waals surface area contributed by atoms with Gasteiger partial charge in [0.15, 0.2) is 22.5 Å². The summed E-state index contributed by atoms with van der Waals surface area (Å²) in [6.07, 6.45) is 0. The Bertz CT molecular complexity index is 971. The monoisotopic (exact) mass is 405 g/mol. The van der Waals surface area contributed by atoms with Crippen molar-refractivity contribution >= 4 is 30.2 Å². The van der Waals surface area contributed by atoms with E-state index < -0.39 is 11.2 Å². The second-order valence-electron chi connectivity index (χ2n) is 5.55. The van der Waals surface area contributed by atoms with E-state index in [1.807, 2.05) is 0 Å². The van der Waals surface area contributed by atoms with Crippen LogP contribution in [0.1, 0.15) is 11.1 Å². The lowest BCUT2D eigenvalue weighted by Gasteiger charge is -2.09. The highest BCUT2D eigenvalue weighted by atomic mass is 35.5. The van der Waals surface area contributed by atoms with E-state index in [-0.39, 0.29) is 5.89 Å². The standard InChI is InChI=1S/C19H16ClNO5S/c1-24-13-8-5-11(9-14(13)25-2)16-15(10-3-6-12(20)7-4-10)21-18(26-16)17(27)19(22)23/h3-9,17,27H,1-2H3,(H,22,23). The van der Waals surface area contributed by atoms with Gasteiger partial charge in [-0.15, -0.1) is 0 Å². The summed E-state index contributed by atoms with van der Waals surface area (Å²) < 4.78 is 16.4. The Morgan fingerprint density at radius 3 is 2.33 bits per heavy atom. The van der Waals surface area contributed by atoms with E-state index in [4.69, 9.17) is 25.5 Å². The van der Waals surface area contributed by atoms with Gasteiger partial charge in [-0.2, -0.15) is 12.6 Å². The molecule has 0 aliphatic rings. The number of ether oxygens (including phenoxy) is 2. The van der Waals surface area contributed by atoms with Gasteiger partial charge in [0.05, 0.1) is 14.2 Å². The maximum absolute atomic E-state index is 11.3. The molecule has 0 aliphatic heterocycles. The third-order valence-electron chi connectivity index (χ3n) is 3.87. The van der Waals surface area contributed by atoms with Crippen molar-refractivity contribution in [3.05, 3.63) is 53.4 Å². The zero-order chi connectivity index (χ0) is 19.6. The predicted molar refractivity (Wildman–Crippen MR) is 105 cm³/mol. The number of aromatic nitrogens is 1. The molecular formula is C19H16ClNO5S. The van der Waals surface area contributed by atoms with Crippen molar-refractivity contribution in [2.45, 2.75) is 5.25 Å². The number of rotatable bonds is 6. The number of carboxylic acids is 1. The number of carboxylic acid groups (broad SMARTS) is 1. The first-order chi connectivity index (χ1) is 12.9. The number of hydrogen-bond donors (Lipinski definition) is 2. The Morgan fingerprint density at radius 1 is 1.11 bits per heavy atom. The topological polar surface area (TPSA) is 81.8 Å². The Morgan fingerprint density at radius 2 is 1.74 bits per heavy atom. The zero-order valence-corrected chi connectivity index (χ0v) is 16.1. The highest BCUT2D eigenvalue weighted by Gasteiger charge is 2.25. The van der Waals surface area contributed by atoms with Crippen LogP contribution in [0.2, 0.25) is 5.02 Å². The number of nitrogens with zero attached hydrogens (tertiary/aromatic N) is 1. The summed E-state index contributed by atoms with van der Waals surface area (Å²) in [5.74, 6) is 0.303. The lowest BCUT2D eigenvalue weighted by molar-refractivity contribution is -0.136. The van der Waals surface area contributed by atoms with Crippen LogP contribution in [0.5, 0.6) is 11.5 Å². The van der Waals surface area contributed by atoms with Gasteiger partial charge >= 0.3 is 5.97 Å². The van der Waals surface area contributed by atoms with Gasteiger partial charge in [0.2, 0.25) is 5.89 Å². The quantitative estimate of drug-likeness (QED) is 0.577. The summed E-state index contributed by atoms with van der Waals surface area (Å²) in [7, 11) is 3.07. The lowest BCUT2D eigenvalue weighted by Crippen LogP contribution is -2.05. The second kappa shape index (κ2) is 7.94. The van der Waals surface area contributed by atoms with Crippen LogP contribution in [0.15, 0.2) is 46.9 Å². The van der Waals surface area contributed by atoms with Crippen LogP contribution in [-0.4, -0.2) is 30.3 Å². The van der Waals surface area contributed by atoms with E-state index in [1.165, 1.54) is 7.11 Å². The Labute approximate surface area is 166 Å². The van der Waals surface area contributed by atoms with Gasteiger partial charge in [-0.3, -0.25) is 4.79 Å². The molecule has 0 spiro atoms. The summed E-state index contributed by atoms with van der Waals surface area (Å²) in [6, 6.07) is 12.2. The predicted octanol–water partition coefficient (Wildman–Crippen LogP) is 4.73. The van der Waals surface area contributed by atoms with Crippen LogP contribution < -0.4 is 9.47 Å². The molecule has 1 N–H and O–H groups in total. The van der Waals surface area contributed by atoms with Crippen molar-refractivity contribution in [1.29, 1.82) is 0 Å². The first-order valence-electron chi connectivity index (χ1n) is 7.84. The molecule has 0 saturated heterocycles. The molecule has 8 heteroatoms.